The Morgan fingerprint density at radius 2 is 1.92 bits per heavy atom. The van der Waals surface area contributed by atoms with Crippen LogP contribution >= 0.6 is 11.8 Å². The summed E-state index contributed by atoms with van der Waals surface area (Å²) in [4.78, 5) is 25.9. The van der Waals surface area contributed by atoms with Crippen molar-refractivity contribution < 1.29 is 9.21 Å². The van der Waals surface area contributed by atoms with Gasteiger partial charge in [-0.1, -0.05) is 36.4 Å². The van der Waals surface area contributed by atoms with Gasteiger partial charge in [-0.2, -0.15) is 0 Å². The number of para-hydroxylation sites is 1. The largest absolute Gasteiger partial charge is 0.422 e. The van der Waals surface area contributed by atoms with Crippen LogP contribution in [0.1, 0.15) is 28.4 Å². The third-order valence-electron chi connectivity index (χ3n) is 4.15. The highest BCUT2D eigenvalue weighted by molar-refractivity contribution is 7.99. The van der Waals surface area contributed by atoms with Gasteiger partial charge in [0.2, 0.25) is 0 Å². The van der Waals surface area contributed by atoms with E-state index in [-0.39, 0.29) is 17.5 Å². The van der Waals surface area contributed by atoms with Gasteiger partial charge in [0.1, 0.15) is 11.1 Å². The van der Waals surface area contributed by atoms with E-state index >= 15 is 0 Å². The van der Waals surface area contributed by atoms with E-state index in [0.717, 1.165) is 23.1 Å². The Hall–Kier alpha value is -2.53. The van der Waals surface area contributed by atoms with Crippen LogP contribution < -0.4 is 10.9 Å². The van der Waals surface area contributed by atoms with Crippen LogP contribution in [0.3, 0.4) is 0 Å². The molecule has 1 aliphatic heterocycles. The van der Waals surface area contributed by atoms with Gasteiger partial charge in [0.25, 0.3) is 5.91 Å². The molecule has 1 aliphatic rings. The molecule has 1 atom stereocenters. The van der Waals surface area contributed by atoms with Gasteiger partial charge in [-0.25, -0.2) is 4.79 Å². The van der Waals surface area contributed by atoms with Crippen molar-refractivity contribution in [3.8, 4) is 0 Å². The van der Waals surface area contributed by atoms with Gasteiger partial charge < -0.3 is 9.73 Å². The maximum atomic E-state index is 12.6. The molecule has 0 saturated heterocycles. The molecule has 4 nitrogen and oxygen atoms in total. The Bertz CT molecular complexity index is 980. The van der Waals surface area contributed by atoms with E-state index in [0.29, 0.717) is 5.58 Å². The summed E-state index contributed by atoms with van der Waals surface area (Å²) in [7, 11) is 0. The van der Waals surface area contributed by atoms with E-state index in [1.54, 1.807) is 30.0 Å². The summed E-state index contributed by atoms with van der Waals surface area (Å²) in [6.07, 6.45) is 0.840. The summed E-state index contributed by atoms with van der Waals surface area (Å²) in [5, 5.41) is 3.72. The van der Waals surface area contributed by atoms with Crippen LogP contribution in [-0.4, -0.2) is 11.7 Å². The molecule has 2 heterocycles. The van der Waals surface area contributed by atoms with Gasteiger partial charge in [-0.3, -0.25) is 4.79 Å². The summed E-state index contributed by atoms with van der Waals surface area (Å²) in [5.41, 5.74) is 1.03. The fraction of sp³-hybridized carbons (Fsp3) is 0.158. The first-order valence-corrected chi connectivity index (χ1v) is 8.76. The van der Waals surface area contributed by atoms with Crippen molar-refractivity contribution in [2.24, 2.45) is 0 Å². The van der Waals surface area contributed by atoms with Gasteiger partial charge in [-0.15, -0.1) is 11.8 Å². The molecular weight excluding hydrogens is 322 g/mol. The average molecular weight is 337 g/mol. The van der Waals surface area contributed by atoms with Crippen molar-refractivity contribution in [1.82, 2.24) is 5.32 Å². The van der Waals surface area contributed by atoms with E-state index in [1.165, 1.54) is 4.90 Å². The molecule has 0 radical (unpaired) electrons. The van der Waals surface area contributed by atoms with Crippen LogP contribution in [0, 0.1) is 0 Å². The van der Waals surface area contributed by atoms with Crippen molar-refractivity contribution in [3.63, 3.8) is 0 Å². The van der Waals surface area contributed by atoms with Crippen molar-refractivity contribution in [3.05, 3.63) is 76.1 Å². The molecule has 0 fully saturated rings. The van der Waals surface area contributed by atoms with Gasteiger partial charge in [0.15, 0.2) is 0 Å². The molecule has 4 rings (SSSR count). The van der Waals surface area contributed by atoms with E-state index in [1.807, 2.05) is 30.3 Å². The molecule has 24 heavy (non-hydrogen) atoms. The smallest absolute Gasteiger partial charge is 0.349 e. The molecule has 1 aromatic heterocycles. The van der Waals surface area contributed by atoms with Gasteiger partial charge >= 0.3 is 5.63 Å². The highest BCUT2D eigenvalue weighted by atomic mass is 32.2. The molecule has 1 amide bonds. The molecule has 0 saturated carbocycles. The zero-order valence-corrected chi connectivity index (χ0v) is 13.6. The second kappa shape index (κ2) is 6.17. The molecule has 120 valence electrons. The minimum absolute atomic E-state index is 0.0457. The first-order valence-electron chi connectivity index (χ1n) is 7.78. The third kappa shape index (κ3) is 2.71. The number of hydrogen-bond acceptors (Lipinski definition) is 4. The molecule has 0 spiro atoms. The molecule has 2 aromatic carbocycles. The van der Waals surface area contributed by atoms with Crippen LogP contribution in [0.4, 0.5) is 0 Å². The van der Waals surface area contributed by atoms with Crippen LogP contribution in [0.25, 0.3) is 11.0 Å². The molecule has 3 aromatic rings. The van der Waals surface area contributed by atoms with E-state index in [2.05, 4.69) is 11.4 Å². The first-order chi connectivity index (χ1) is 11.7. The Morgan fingerprint density at radius 3 is 2.83 bits per heavy atom. The number of carbonyl (C=O) groups is 1. The van der Waals surface area contributed by atoms with E-state index < -0.39 is 5.63 Å². The molecule has 5 heteroatoms. The summed E-state index contributed by atoms with van der Waals surface area (Å²) in [6.45, 7) is 0. The monoisotopic (exact) mass is 337 g/mol. The summed E-state index contributed by atoms with van der Waals surface area (Å²) in [6, 6.07) is 16.7. The SMILES string of the molecule is O=C(NC1CCSc2ccccc21)c1cc2ccccc2oc1=O. The van der Waals surface area contributed by atoms with Gasteiger partial charge in [0, 0.05) is 16.0 Å². The number of benzene rings is 2. The van der Waals surface area contributed by atoms with Crippen LogP contribution in [0.2, 0.25) is 0 Å². The number of carbonyl (C=O) groups excluding carboxylic acids is 1. The minimum Gasteiger partial charge on any atom is -0.422 e. The number of hydrogen-bond donors (Lipinski definition) is 1. The molecule has 1 unspecified atom stereocenters. The quantitative estimate of drug-likeness (QED) is 0.723. The zero-order valence-electron chi connectivity index (χ0n) is 12.8. The Morgan fingerprint density at radius 1 is 1.12 bits per heavy atom. The maximum absolute atomic E-state index is 12.6. The highest BCUT2D eigenvalue weighted by Crippen LogP contribution is 2.35. The standard InChI is InChI=1S/C19H15NO3S/c21-18(14-11-12-5-1-3-7-16(12)23-19(14)22)20-15-9-10-24-17-8-4-2-6-13(15)17/h1-8,11,15H,9-10H2,(H,20,21). The summed E-state index contributed by atoms with van der Waals surface area (Å²) < 4.78 is 5.25. The predicted molar refractivity (Wildman–Crippen MR) is 94.5 cm³/mol. The van der Waals surface area contributed by atoms with Crippen molar-refractivity contribution in [2.45, 2.75) is 17.4 Å². The lowest BCUT2D eigenvalue weighted by molar-refractivity contribution is 0.0931. The van der Waals surface area contributed by atoms with Crippen molar-refractivity contribution in [1.29, 1.82) is 0 Å². The topological polar surface area (TPSA) is 59.3 Å². The normalized spacial score (nSPS) is 16.6. The van der Waals surface area contributed by atoms with Crippen molar-refractivity contribution in [2.75, 3.05) is 5.75 Å². The summed E-state index contributed by atoms with van der Waals surface area (Å²) >= 11 is 1.79. The fourth-order valence-corrected chi connectivity index (χ4v) is 4.07. The van der Waals surface area contributed by atoms with E-state index in [4.69, 9.17) is 4.42 Å². The first kappa shape index (κ1) is 15.0. The molecular formula is C19H15NO3S. The number of rotatable bonds is 2. The third-order valence-corrected chi connectivity index (χ3v) is 5.27. The fourth-order valence-electron chi connectivity index (χ4n) is 2.95. The maximum Gasteiger partial charge on any atom is 0.349 e. The summed E-state index contributed by atoms with van der Waals surface area (Å²) in [5.74, 6) is 0.551. The number of thioether (sulfide) groups is 1. The predicted octanol–water partition coefficient (Wildman–Crippen LogP) is 3.76. The zero-order chi connectivity index (χ0) is 16.5. The Labute approximate surface area is 142 Å². The number of fused-ring (bicyclic) bond motifs is 2. The van der Waals surface area contributed by atoms with Crippen LogP contribution in [-0.2, 0) is 0 Å². The molecule has 1 N–H and O–H groups in total. The van der Waals surface area contributed by atoms with Gasteiger partial charge in [0.05, 0.1) is 6.04 Å². The average Bonchev–Trinajstić information content (AvgIpc) is 2.61. The Kier molecular flexibility index (Phi) is 3.86. The number of amides is 1. The minimum atomic E-state index is -0.607. The van der Waals surface area contributed by atoms with Crippen LogP contribution in [0.15, 0.2) is 68.7 Å². The Balaban J connectivity index is 1.66. The lowest BCUT2D eigenvalue weighted by atomic mass is 10.0. The van der Waals surface area contributed by atoms with Crippen LogP contribution in [0.5, 0.6) is 0 Å². The number of nitrogens with one attached hydrogen (secondary N) is 1. The van der Waals surface area contributed by atoms with E-state index in [9.17, 15) is 9.59 Å². The second-order valence-electron chi connectivity index (χ2n) is 5.69. The highest BCUT2D eigenvalue weighted by Gasteiger charge is 2.24. The molecule has 0 bridgehead atoms. The van der Waals surface area contributed by atoms with Crippen molar-refractivity contribution >= 4 is 28.6 Å². The van der Waals surface area contributed by atoms with Gasteiger partial charge in [-0.05, 0) is 30.2 Å². The second-order valence-corrected chi connectivity index (χ2v) is 6.82. The lowest BCUT2D eigenvalue weighted by Gasteiger charge is -2.25. The molecule has 0 aliphatic carbocycles. The lowest BCUT2D eigenvalue weighted by Crippen LogP contribution is -2.33.